The number of hydrogen-bond acceptors (Lipinski definition) is 6. The first-order valence-electron chi connectivity index (χ1n) is 9.11. The molecule has 0 fully saturated rings. The van der Waals surface area contributed by atoms with Gasteiger partial charge in [0.15, 0.2) is 11.0 Å². The molecule has 2 heterocycles. The summed E-state index contributed by atoms with van der Waals surface area (Å²) in [5.74, 6) is 2.87. The third kappa shape index (κ3) is 4.09. The number of para-hydroxylation sites is 1. The molecular weight excluding hydrogens is 384 g/mol. The Balaban J connectivity index is 1.56. The predicted molar refractivity (Wildman–Crippen MR) is 114 cm³/mol. The Kier molecular flexibility index (Phi) is 5.76. The monoisotopic (exact) mass is 404 g/mol. The van der Waals surface area contributed by atoms with Crippen molar-refractivity contribution in [1.29, 1.82) is 0 Å². The molecule has 0 aliphatic heterocycles. The van der Waals surface area contributed by atoms with Gasteiger partial charge in [0.25, 0.3) is 0 Å². The van der Waals surface area contributed by atoms with Crippen LogP contribution < -0.4 is 4.74 Å². The van der Waals surface area contributed by atoms with E-state index in [9.17, 15) is 0 Å². The number of allylic oxidation sites excluding steroid dienone is 1. The molecule has 0 unspecified atom stereocenters. The van der Waals surface area contributed by atoms with Crippen LogP contribution in [0.2, 0.25) is 0 Å². The van der Waals surface area contributed by atoms with Gasteiger partial charge in [-0.2, -0.15) is 0 Å². The summed E-state index contributed by atoms with van der Waals surface area (Å²) >= 11 is 1.54. The highest BCUT2D eigenvalue weighted by atomic mass is 32.2. The van der Waals surface area contributed by atoms with Gasteiger partial charge < -0.3 is 9.26 Å². The Labute approximate surface area is 173 Å². The van der Waals surface area contributed by atoms with Crippen LogP contribution in [-0.4, -0.2) is 27.0 Å². The number of methoxy groups -OCH3 is 1. The number of benzene rings is 2. The summed E-state index contributed by atoms with van der Waals surface area (Å²) in [6.45, 7) is 4.46. The van der Waals surface area contributed by atoms with Gasteiger partial charge in [-0.25, -0.2) is 0 Å². The zero-order valence-electron chi connectivity index (χ0n) is 16.0. The second kappa shape index (κ2) is 8.79. The molecule has 29 heavy (non-hydrogen) atoms. The van der Waals surface area contributed by atoms with Gasteiger partial charge in [0.1, 0.15) is 17.2 Å². The molecule has 0 radical (unpaired) electrons. The number of nitrogens with zero attached hydrogens (tertiary/aromatic N) is 4. The minimum Gasteiger partial charge on any atom is -0.496 e. The molecule has 2 aromatic heterocycles. The summed E-state index contributed by atoms with van der Waals surface area (Å²) in [5, 5.41) is 13.7. The van der Waals surface area contributed by atoms with Gasteiger partial charge in [-0.15, -0.1) is 16.8 Å². The molecule has 0 aliphatic rings. The summed E-state index contributed by atoms with van der Waals surface area (Å²) in [6.07, 6.45) is 1.83. The van der Waals surface area contributed by atoms with Gasteiger partial charge in [-0.05, 0) is 12.1 Å². The average Bonchev–Trinajstić information content (AvgIpc) is 3.40. The third-order valence-electron chi connectivity index (χ3n) is 4.35. The van der Waals surface area contributed by atoms with E-state index in [4.69, 9.17) is 9.26 Å². The molecule has 0 N–H and O–H groups in total. The second-order valence-corrected chi connectivity index (χ2v) is 7.18. The molecule has 4 rings (SSSR count). The Morgan fingerprint density at radius 3 is 2.69 bits per heavy atom. The zero-order valence-corrected chi connectivity index (χ0v) is 16.8. The van der Waals surface area contributed by atoms with Gasteiger partial charge in [0.05, 0.1) is 18.4 Å². The Bertz CT molecular complexity index is 1100. The number of thioether (sulfide) groups is 1. The Hall–Kier alpha value is -3.32. The average molecular weight is 404 g/mol. The topological polar surface area (TPSA) is 66.0 Å². The highest BCUT2D eigenvalue weighted by Crippen LogP contribution is 2.32. The van der Waals surface area contributed by atoms with Crippen molar-refractivity contribution < 1.29 is 9.26 Å². The van der Waals surface area contributed by atoms with Crippen molar-refractivity contribution >= 4 is 11.8 Å². The molecule has 0 saturated carbocycles. The fourth-order valence-corrected chi connectivity index (χ4v) is 3.80. The molecule has 146 valence electrons. The van der Waals surface area contributed by atoms with E-state index in [-0.39, 0.29) is 0 Å². The smallest absolute Gasteiger partial charge is 0.192 e. The Morgan fingerprint density at radius 1 is 1.10 bits per heavy atom. The van der Waals surface area contributed by atoms with Crippen LogP contribution in [0.1, 0.15) is 5.76 Å². The second-order valence-electron chi connectivity index (χ2n) is 6.24. The normalized spacial score (nSPS) is 10.8. The van der Waals surface area contributed by atoms with E-state index in [0.717, 1.165) is 39.3 Å². The fourth-order valence-electron chi connectivity index (χ4n) is 2.98. The van der Waals surface area contributed by atoms with Crippen molar-refractivity contribution in [3.63, 3.8) is 0 Å². The lowest BCUT2D eigenvalue weighted by Crippen LogP contribution is -2.01. The van der Waals surface area contributed by atoms with Gasteiger partial charge in [-0.3, -0.25) is 4.57 Å². The van der Waals surface area contributed by atoms with E-state index in [1.165, 1.54) is 0 Å². The van der Waals surface area contributed by atoms with E-state index in [2.05, 4.69) is 21.9 Å². The van der Waals surface area contributed by atoms with E-state index in [1.807, 2.05) is 71.3 Å². The first kappa shape index (κ1) is 19.0. The maximum Gasteiger partial charge on any atom is 0.192 e. The lowest BCUT2D eigenvalue weighted by molar-refractivity contribution is 0.397. The van der Waals surface area contributed by atoms with Crippen molar-refractivity contribution in [2.45, 2.75) is 17.5 Å². The van der Waals surface area contributed by atoms with Gasteiger partial charge in [0.2, 0.25) is 0 Å². The number of rotatable bonds is 8. The quantitative estimate of drug-likeness (QED) is 0.301. The minimum atomic E-state index is 0.592. The molecule has 0 amide bonds. The van der Waals surface area contributed by atoms with Crippen LogP contribution in [0.25, 0.3) is 22.6 Å². The summed E-state index contributed by atoms with van der Waals surface area (Å²) in [7, 11) is 1.65. The molecule has 0 atom stereocenters. The van der Waals surface area contributed by atoms with Crippen molar-refractivity contribution in [1.82, 2.24) is 19.9 Å². The first-order valence-corrected chi connectivity index (χ1v) is 10.1. The van der Waals surface area contributed by atoms with Crippen LogP contribution in [0.4, 0.5) is 0 Å². The Morgan fingerprint density at radius 2 is 1.90 bits per heavy atom. The lowest BCUT2D eigenvalue weighted by atomic mass is 10.1. The molecule has 7 heteroatoms. The summed E-state index contributed by atoms with van der Waals surface area (Å²) < 4.78 is 13.0. The van der Waals surface area contributed by atoms with Crippen molar-refractivity contribution in [2.24, 2.45) is 0 Å². The van der Waals surface area contributed by atoms with E-state index < -0.39 is 0 Å². The third-order valence-corrected chi connectivity index (χ3v) is 5.34. The van der Waals surface area contributed by atoms with E-state index >= 15 is 0 Å². The van der Waals surface area contributed by atoms with Gasteiger partial charge in [0, 0.05) is 18.2 Å². The van der Waals surface area contributed by atoms with Crippen LogP contribution in [-0.2, 0) is 12.3 Å². The van der Waals surface area contributed by atoms with Crippen molar-refractivity contribution in [2.75, 3.05) is 7.11 Å². The molecule has 0 aliphatic carbocycles. The predicted octanol–water partition coefficient (Wildman–Crippen LogP) is 5.09. The molecule has 0 saturated heterocycles. The molecule has 0 spiro atoms. The number of aromatic nitrogens is 4. The molecule has 4 aromatic rings. The van der Waals surface area contributed by atoms with Gasteiger partial charge >= 0.3 is 0 Å². The lowest BCUT2D eigenvalue weighted by Gasteiger charge is -2.10. The van der Waals surface area contributed by atoms with Crippen LogP contribution in [0, 0.1) is 0 Å². The molecule has 6 nitrogen and oxygen atoms in total. The standard InChI is InChI=1S/C22H20N4O2S/c1-3-13-26-21(18-11-7-8-12-20(18)27-2)23-24-22(26)29-15-17-14-19(25-28-17)16-9-5-4-6-10-16/h3-12,14H,1,13,15H2,2H3. The van der Waals surface area contributed by atoms with Crippen LogP contribution >= 0.6 is 11.8 Å². The summed E-state index contributed by atoms with van der Waals surface area (Å²) in [4.78, 5) is 0. The van der Waals surface area contributed by atoms with E-state index in [0.29, 0.717) is 12.3 Å². The van der Waals surface area contributed by atoms with Crippen LogP contribution in [0.5, 0.6) is 5.75 Å². The largest absolute Gasteiger partial charge is 0.496 e. The van der Waals surface area contributed by atoms with E-state index in [1.54, 1.807) is 18.9 Å². The first-order chi connectivity index (χ1) is 14.3. The zero-order chi connectivity index (χ0) is 20.1. The SMILES string of the molecule is C=CCn1c(SCc2cc(-c3ccccc3)no2)nnc1-c1ccccc1OC. The number of hydrogen-bond donors (Lipinski definition) is 0. The molecule has 2 aromatic carbocycles. The highest BCUT2D eigenvalue weighted by molar-refractivity contribution is 7.98. The maximum atomic E-state index is 5.50. The maximum absolute atomic E-state index is 5.50. The van der Waals surface area contributed by atoms with Crippen molar-refractivity contribution in [3.05, 3.63) is 79.1 Å². The van der Waals surface area contributed by atoms with Crippen LogP contribution in [0.3, 0.4) is 0 Å². The van der Waals surface area contributed by atoms with Crippen molar-refractivity contribution in [3.8, 4) is 28.4 Å². The fraction of sp³-hybridized carbons (Fsp3) is 0.136. The van der Waals surface area contributed by atoms with Crippen LogP contribution in [0.15, 0.2) is 83.0 Å². The number of ether oxygens (including phenoxy) is 1. The molecule has 0 bridgehead atoms. The van der Waals surface area contributed by atoms with Gasteiger partial charge in [-0.1, -0.05) is 65.5 Å². The highest BCUT2D eigenvalue weighted by Gasteiger charge is 2.17. The molecular formula is C22H20N4O2S. The minimum absolute atomic E-state index is 0.592. The summed E-state index contributed by atoms with van der Waals surface area (Å²) in [6, 6.07) is 19.7. The summed E-state index contributed by atoms with van der Waals surface area (Å²) in [5.41, 5.74) is 2.74.